The molecule has 0 N–H and O–H groups in total. The van der Waals surface area contributed by atoms with Crippen molar-refractivity contribution in [3.63, 3.8) is 0 Å². The van der Waals surface area contributed by atoms with E-state index in [4.69, 9.17) is 4.74 Å². The second-order valence-corrected chi connectivity index (χ2v) is 4.91. The van der Waals surface area contributed by atoms with Gasteiger partial charge in [0.25, 0.3) is 0 Å². The van der Waals surface area contributed by atoms with E-state index in [0.29, 0.717) is 23.7 Å². The largest absolute Gasteiger partial charge is 0.494 e. The van der Waals surface area contributed by atoms with Crippen LogP contribution in [0.5, 0.6) is 5.75 Å². The Balaban J connectivity index is 2.44. The van der Waals surface area contributed by atoms with Crippen LogP contribution in [0.4, 0.5) is 13.2 Å². The summed E-state index contributed by atoms with van der Waals surface area (Å²) >= 11 is 0. The molecular formula is C15H17F3N2O. The van der Waals surface area contributed by atoms with E-state index in [1.54, 1.807) is 24.3 Å². The Hall–Kier alpha value is -1.98. The summed E-state index contributed by atoms with van der Waals surface area (Å²) in [4.78, 5) is 3.75. The molecule has 0 unspecified atom stereocenters. The van der Waals surface area contributed by atoms with Crippen LogP contribution in [0.3, 0.4) is 0 Å². The van der Waals surface area contributed by atoms with E-state index in [-0.39, 0.29) is 6.04 Å². The fourth-order valence-electron chi connectivity index (χ4n) is 2.00. The lowest BCUT2D eigenvalue weighted by Crippen LogP contribution is -2.05. The highest BCUT2D eigenvalue weighted by Crippen LogP contribution is 2.32. The second-order valence-electron chi connectivity index (χ2n) is 4.91. The van der Waals surface area contributed by atoms with Crippen LogP contribution >= 0.6 is 0 Å². The third kappa shape index (κ3) is 3.37. The topological polar surface area (TPSA) is 27.1 Å². The van der Waals surface area contributed by atoms with Gasteiger partial charge in [-0.1, -0.05) is 0 Å². The van der Waals surface area contributed by atoms with Gasteiger partial charge in [-0.25, -0.2) is 4.98 Å². The van der Waals surface area contributed by atoms with E-state index in [2.05, 4.69) is 4.98 Å². The molecule has 6 heteroatoms. The standard InChI is InChI=1S/C15H17F3N2O/c1-4-21-12-7-5-11(6-8-12)14-19-13(15(16,17)18)9-20(14)10(2)3/h5-10H,4H2,1-3H3. The first kappa shape index (κ1) is 15.4. The molecule has 1 aromatic heterocycles. The zero-order valence-corrected chi connectivity index (χ0v) is 12.1. The molecule has 0 amide bonds. The fraction of sp³-hybridized carbons (Fsp3) is 0.400. The number of halogens is 3. The molecule has 0 atom stereocenters. The van der Waals surface area contributed by atoms with E-state index < -0.39 is 11.9 Å². The molecule has 21 heavy (non-hydrogen) atoms. The molecule has 0 saturated heterocycles. The van der Waals surface area contributed by atoms with Gasteiger partial charge in [-0.2, -0.15) is 13.2 Å². The maximum atomic E-state index is 12.8. The minimum atomic E-state index is -4.44. The normalized spacial score (nSPS) is 12.0. The lowest BCUT2D eigenvalue weighted by Gasteiger charge is -2.11. The fourth-order valence-corrected chi connectivity index (χ4v) is 2.00. The molecule has 3 nitrogen and oxygen atoms in total. The molecule has 1 heterocycles. The number of rotatable bonds is 4. The van der Waals surface area contributed by atoms with E-state index in [1.807, 2.05) is 20.8 Å². The predicted molar refractivity (Wildman–Crippen MR) is 74.2 cm³/mol. The van der Waals surface area contributed by atoms with Crippen LogP contribution in [0.2, 0.25) is 0 Å². The molecule has 2 aromatic rings. The molecule has 0 fully saturated rings. The molecule has 114 valence electrons. The van der Waals surface area contributed by atoms with Crippen LogP contribution in [0.15, 0.2) is 30.5 Å². The first-order valence-corrected chi connectivity index (χ1v) is 6.72. The number of benzene rings is 1. The molecule has 0 spiro atoms. The average Bonchev–Trinajstić information content (AvgIpc) is 2.85. The van der Waals surface area contributed by atoms with Crippen molar-refractivity contribution in [2.75, 3.05) is 6.61 Å². The van der Waals surface area contributed by atoms with Crippen molar-refractivity contribution in [1.29, 1.82) is 0 Å². The summed E-state index contributed by atoms with van der Waals surface area (Å²) in [7, 11) is 0. The van der Waals surface area contributed by atoms with Gasteiger partial charge >= 0.3 is 6.18 Å². The highest BCUT2D eigenvalue weighted by molar-refractivity contribution is 5.57. The van der Waals surface area contributed by atoms with Gasteiger partial charge in [0.2, 0.25) is 0 Å². The lowest BCUT2D eigenvalue weighted by molar-refractivity contribution is -0.140. The van der Waals surface area contributed by atoms with Crippen LogP contribution in [0, 0.1) is 0 Å². The van der Waals surface area contributed by atoms with E-state index in [0.717, 1.165) is 6.20 Å². The van der Waals surface area contributed by atoms with Crippen molar-refractivity contribution in [1.82, 2.24) is 9.55 Å². The molecular weight excluding hydrogens is 281 g/mol. The minimum absolute atomic E-state index is 0.116. The summed E-state index contributed by atoms with van der Waals surface area (Å²) in [5, 5.41) is 0. The molecule has 1 aromatic carbocycles. The highest BCUT2D eigenvalue weighted by atomic mass is 19.4. The Morgan fingerprint density at radius 1 is 1.19 bits per heavy atom. The van der Waals surface area contributed by atoms with Crippen LogP contribution in [0.1, 0.15) is 32.5 Å². The van der Waals surface area contributed by atoms with E-state index in [1.165, 1.54) is 4.57 Å². The maximum Gasteiger partial charge on any atom is 0.434 e. The number of ether oxygens (including phenoxy) is 1. The summed E-state index contributed by atoms with van der Waals surface area (Å²) in [5.41, 5.74) is -0.247. The maximum absolute atomic E-state index is 12.8. The van der Waals surface area contributed by atoms with E-state index >= 15 is 0 Å². The number of hydrogen-bond donors (Lipinski definition) is 0. The van der Waals surface area contributed by atoms with Gasteiger partial charge in [-0.05, 0) is 45.0 Å². The minimum Gasteiger partial charge on any atom is -0.494 e. The number of aromatic nitrogens is 2. The van der Waals surface area contributed by atoms with Gasteiger partial charge < -0.3 is 9.30 Å². The first-order chi connectivity index (χ1) is 9.82. The summed E-state index contributed by atoms with van der Waals surface area (Å²) in [6, 6.07) is 6.77. The van der Waals surface area contributed by atoms with Gasteiger partial charge in [0.05, 0.1) is 6.61 Å². The number of alkyl halides is 3. The van der Waals surface area contributed by atoms with Gasteiger partial charge in [-0.3, -0.25) is 0 Å². The lowest BCUT2D eigenvalue weighted by atomic mass is 10.2. The van der Waals surface area contributed by atoms with Crippen LogP contribution < -0.4 is 4.74 Å². The van der Waals surface area contributed by atoms with Gasteiger partial charge in [0.1, 0.15) is 11.6 Å². The smallest absolute Gasteiger partial charge is 0.434 e. The van der Waals surface area contributed by atoms with Gasteiger partial charge in [-0.15, -0.1) is 0 Å². The predicted octanol–water partition coefficient (Wildman–Crippen LogP) is 4.55. The summed E-state index contributed by atoms with van der Waals surface area (Å²) < 4.78 is 45.3. The monoisotopic (exact) mass is 298 g/mol. The Morgan fingerprint density at radius 3 is 2.29 bits per heavy atom. The summed E-state index contributed by atoms with van der Waals surface area (Å²) in [6.45, 7) is 6.05. The van der Waals surface area contributed by atoms with Crippen LogP contribution in [0.25, 0.3) is 11.4 Å². The molecule has 0 aliphatic carbocycles. The molecule has 0 saturated carbocycles. The summed E-state index contributed by atoms with van der Waals surface area (Å²) in [5.74, 6) is 0.986. The molecule has 0 aliphatic rings. The van der Waals surface area contributed by atoms with Crippen molar-refractivity contribution in [2.45, 2.75) is 33.0 Å². The van der Waals surface area contributed by atoms with Gasteiger partial charge in [0.15, 0.2) is 5.69 Å². The van der Waals surface area contributed by atoms with Crippen LogP contribution in [-0.4, -0.2) is 16.2 Å². The number of hydrogen-bond acceptors (Lipinski definition) is 2. The molecule has 0 radical (unpaired) electrons. The second kappa shape index (κ2) is 5.79. The summed E-state index contributed by atoms with van der Waals surface area (Å²) in [6.07, 6.45) is -3.39. The first-order valence-electron chi connectivity index (χ1n) is 6.72. The Morgan fingerprint density at radius 2 is 1.81 bits per heavy atom. The van der Waals surface area contributed by atoms with E-state index in [9.17, 15) is 13.2 Å². The Kier molecular flexibility index (Phi) is 4.25. The van der Waals surface area contributed by atoms with Crippen molar-refractivity contribution in [3.8, 4) is 17.1 Å². The number of nitrogens with zero attached hydrogens (tertiary/aromatic N) is 2. The zero-order chi connectivity index (χ0) is 15.6. The Bertz CT molecular complexity index is 600. The Labute approximate surface area is 121 Å². The average molecular weight is 298 g/mol. The third-order valence-electron chi connectivity index (χ3n) is 3.00. The van der Waals surface area contributed by atoms with Crippen molar-refractivity contribution in [2.24, 2.45) is 0 Å². The van der Waals surface area contributed by atoms with Gasteiger partial charge in [0, 0.05) is 17.8 Å². The van der Waals surface area contributed by atoms with Crippen molar-refractivity contribution < 1.29 is 17.9 Å². The third-order valence-corrected chi connectivity index (χ3v) is 3.00. The van der Waals surface area contributed by atoms with Crippen molar-refractivity contribution in [3.05, 3.63) is 36.2 Å². The highest BCUT2D eigenvalue weighted by Gasteiger charge is 2.35. The molecule has 2 rings (SSSR count). The van der Waals surface area contributed by atoms with Crippen LogP contribution in [-0.2, 0) is 6.18 Å². The van der Waals surface area contributed by atoms with Crippen molar-refractivity contribution >= 4 is 0 Å². The molecule has 0 bridgehead atoms. The quantitative estimate of drug-likeness (QED) is 0.828. The molecule has 0 aliphatic heterocycles. The SMILES string of the molecule is CCOc1ccc(-c2nc(C(F)(F)F)cn2C(C)C)cc1. The number of imidazole rings is 1. The zero-order valence-electron chi connectivity index (χ0n) is 12.1.